The van der Waals surface area contributed by atoms with Crippen molar-refractivity contribution in [1.29, 1.82) is 0 Å². The Morgan fingerprint density at radius 2 is 2.05 bits per heavy atom. The van der Waals surface area contributed by atoms with E-state index in [-0.39, 0.29) is 52.9 Å². The number of fused-ring (bicyclic) bond motifs is 2. The van der Waals surface area contributed by atoms with Crippen LogP contribution in [0.25, 0.3) is 16.7 Å². The Morgan fingerprint density at radius 3 is 2.70 bits per heavy atom. The molecule has 0 atom stereocenters. The summed E-state index contributed by atoms with van der Waals surface area (Å²) in [5.74, 6) is -1.51. The van der Waals surface area contributed by atoms with Crippen molar-refractivity contribution < 1.29 is 24.0 Å². The molecule has 0 bridgehead atoms. The van der Waals surface area contributed by atoms with Crippen molar-refractivity contribution in [2.75, 3.05) is 20.3 Å². The molecule has 0 saturated carbocycles. The van der Waals surface area contributed by atoms with Crippen LogP contribution in [0, 0.1) is 17.0 Å². The number of hydrogen-bond acceptors (Lipinski definition) is 8. The van der Waals surface area contributed by atoms with E-state index in [1.165, 1.54) is 47.3 Å². The summed E-state index contributed by atoms with van der Waals surface area (Å²) in [7, 11) is 1.54. The van der Waals surface area contributed by atoms with Crippen molar-refractivity contribution in [1.82, 2.24) is 14.0 Å². The predicted octanol–water partition coefficient (Wildman–Crippen LogP) is 3.28. The van der Waals surface area contributed by atoms with Crippen molar-refractivity contribution in [3.63, 3.8) is 0 Å². The van der Waals surface area contributed by atoms with E-state index in [0.717, 1.165) is 5.56 Å². The number of nitro groups is 1. The van der Waals surface area contributed by atoms with Gasteiger partial charge in [0.2, 0.25) is 0 Å². The van der Waals surface area contributed by atoms with E-state index in [0.29, 0.717) is 18.7 Å². The number of carbonyl (C=O) groups excluding carboxylic acids is 2. The normalized spacial score (nSPS) is 12.7. The van der Waals surface area contributed by atoms with Gasteiger partial charge >= 0.3 is 5.97 Å². The monoisotopic (exact) mass is 549 g/mol. The maximum Gasteiger partial charge on any atom is 0.341 e. The molecule has 0 N–H and O–H groups in total. The topological polar surface area (TPSA) is 147 Å². The predicted molar refractivity (Wildman–Crippen MR) is 148 cm³/mol. The number of nitrogens with zero attached hydrogens (tertiary/aromatic N) is 5. The minimum atomic E-state index is -0.780. The lowest BCUT2D eigenvalue weighted by atomic mass is 10.1. The summed E-state index contributed by atoms with van der Waals surface area (Å²) < 4.78 is 13.3. The Bertz CT molecular complexity index is 1680. The van der Waals surface area contributed by atoms with Crippen LogP contribution < -0.4 is 11.0 Å². The zero-order valence-electron chi connectivity index (χ0n) is 22.9. The summed E-state index contributed by atoms with van der Waals surface area (Å²) in [5.41, 5.74) is 0.706. The van der Waals surface area contributed by atoms with Crippen LogP contribution in [0.1, 0.15) is 42.6 Å². The van der Waals surface area contributed by atoms with Gasteiger partial charge in [0.25, 0.3) is 17.2 Å². The molecule has 12 nitrogen and oxygen atoms in total. The van der Waals surface area contributed by atoms with Crippen LogP contribution in [-0.2, 0) is 20.8 Å². The van der Waals surface area contributed by atoms with Crippen molar-refractivity contribution >= 4 is 28.6 Å². The van der Waals surface area contributed by atoms with Gasteiger partial charge in [0.1, 0.15) is 16.9 Å². The highest BCUT2D eigenvalue weighted by molar-refractivity contribution is 5.94. The van der Waals surface area contributed by atoms with Gasteiger partial charge in [0.05, 0.1) is 23.3 Å². The van der Waals surface area contributed by atoms with Crippen LogP contribution in [0.2, 0.25) is 0 Å². The Hall–Kier alpha value is -4.71. The molecule has 40 heavy (non-hydrogen) atoms. The van der Waals surface area contributed by atoms with Gasteiger partial charge in [-0.3, -0.25) is 24.1 Å². The van der Waals surface area contributed by atoms with Gasteiger partial charge in [-0.05, 0) is 44.9 Å². The summed E-state index contributed by atoms with van der Waals surface area (Å²) >= 11 is 0. The smallest absolute Gasteiger partial charge is 0.341 e. The number of pyridine rings is 2. The summed E-state index contributed by atoms with van der Waals surface area (Å²) in [6.45, 7) is 9.00. The Morgan fingerprint density at radius 1 is 1.30 bits per heavy atom. The number of esters is 1. The van der Waals surface area contributed by atoms with Crippen LogP contribution in [0.3, 0.4) is 0 Å². The molecule has 12 heteroatoms. The molecule has 0 spiro atoms. The number of aryl methyl sites for hydroxylation is 2. The lowest BCUT2D eigenvalue weighted by Crippen LogP contribution is -2.33. The number of amides is 1. The van der Waals surface area contributed by atoms with Crippen molar-refractivity contribution in [2.45, 2.75) is 40.2 Å². The second-order valence-electron chi connectivity index (χ2n) is 8.84. The maximum atomic E-state index is 13.5. The quantitative estimate of drug-likeness (QED) is 0.0884. The fourth-order valence-electron chi connectivity index (χ4n) is 4.14. The number of aromatic nitrogens is 3. The first-order chi connectivity index (χ1) is 19.1. The van der Waals surface area contributed by atoms with E-state index in [1.807, 2.05) is 13.0 Å². The molecule has 0 aromatic carbocycles. The number of rotatable bonds is 11. The summed E-state index contributed by atoms with van der Waals surface area (Å²) in [4.78, 5) is 59.6. The highest BCUT2D eigenvalue weighted by Gasteiger charge is 2.21. The van der Waals surface area contributed by atoms with E-state index in [1.54, 1.807) is 19.2 Å². The van der Waals surface area contributed by atoms with Crippen LogP contribution in [-0.4, -0.2) is 51.1 Å². The average Bonchev–Trinajstić information content (AvgIpc) is 2.90. The third-order valence-corrected chi connectivity index (χ3v) is 6.00. The molecular formula is C28H31N5O7. The van der Waals surface area contributed by atoms with Crippen LogP contribution in [0.15, 0.2) is 70.3 Å². The molecule has 3 rings (SSSR count). The Kier molecular flexibility index (Phi) is 9.98. The largest absolute Gasteiger partial charge is 0.462 e. The molecule has 0 saturated heterocycles. The molecule has 0 aliphatic rings. The van der Waals surface area contributed by atoms with Crippen molar-refractivity contribution in [3.05, 3.63) is 97.6 Å². The first-order valence-corrected chi connectivity index (χ1v) is 12.6. The zero-order valence-corrected chi connectivity index (χ0v) is 22.9. The van der Waals surface area contributed by atoms with E-state index in [9.17, 15) is 24.5 Å². The second kappa shape index (κ2) is 13.4. The first kappa shape index (κ1) is 29.8. The standard InChI is InChI=1S/C28H31N5O7/c1-6-8-12-22(33(37)38)19(4)16-23(34)29-26-21(28(36)40-7-2)17-20-25(31(26)14-10-15-39-5)30-24-18(3)11-9-13-32(24)27(20)35/h6,8-9,11-13,17H,1,7,10,14-16H2,2-5H3/b12-8-,22-19+,29-26?. The second-order valence-corrected chi connectivity index (χ2v) is 8.84. The highest BCUT2D eigenvalue weighted by atomic mass is 16.6. The maximum absolute atomic E-state index is 13.5. The third-order valence-electron chi connectivity index (χ3n) is 6.00. The summed E-state index contributed by atoms with van der Waals surface area (Å²) in [5, 5.41) is 11.7. The summed E-state index contributed by atoms with van der Waals surface area (Å²) in [6, 6.07) is 4.86. The van der Waals surface area contributed by atoms with Crippen LogP contribution in [0.4, 0.5) is 0 Å². The van der Waals surface area contributed by atoms with Gasteiger partial charge in [-0.1, -0.05) is 24.8 Å². The minimum absolute atomic E-state index is 0.0474. The van der Waals surface area contributed by atoms with Gasteiger partial charge in [0, 0.05) is 38.1 Å². The fourth-order valence-corrected chi connectivity index (χ4v) is 4.14. The Labute approximate surface area is 229 Å². The molecule has 3 heterocycles. The number of ether oxygens (including phenoxy) is 2. The molecule has 210 valence electrons. The first-order valence-electron chi connectivity index (χ1n) is 12.6. The van der Waals surface area contributed by atoms with Crippen LogP contribution in [0.5, 0.6) is 0 Å². The van der Waals surface area contributed by atoms with Crippen molar-refractivity contribution in [2.24, 2.45) is 4.99 Å². The molecule has 0 fully saturated rings. The van der Waals surface area contributed by atoms with Gasteiger partial charge in [-0.25, -0.2) is 9.78 Å². The van der Waals surface area contributed by atoms with E-state index >= 15 is 0 Å². The van der Waals surface area contributed by atoms with Crippen molar-refractivity contribution in [3.8, 4) is 0 Å². The van der Waals surface area contributed by atoms with E-state index < -0.39 is 22.4 Å². The molecule has 1 amide bonds. The number of hydrogen-bond donors (Lipinski definition) is 0. The van der Waals surface area contributed by atoms with E-state index in [2.05, 4.69) is 11.6 Å². The zero-order chi connectivity index (χ0) is 29.4. The minimum Gasteiger partial charge on any atom is -0.462 e. The molecule has 3 aromatic heterocycles. The highest BCUT2D eigenvalue weighted by Crippen LogP contribution is 2.15. The number of methoxy groups -OCH3 is 1. The molecule has 3 aromatic rings. The molecule has 0 unspecified atom stereocenters. The number of allylic oxidation sites excluding steroid dienone is 3. The fraction of sp³-hybridized carbons (Fsp3) is 0.321. The van der Waals surface area contributed by atoms with Gasteiger partial charge in [-0.15, -0.1) is 0 Å². The third kappa shape index (κ3) is 6.46. The lowest BCUT2D eigenvalue weighted by molar-refractivity contribution is -0.420. The molecule has 0 aliphatic heterocycles. The summed E-state index contributed by atoms with van der Waals surface area (Å²) in [6.07, 6.45) is 5.67. The molecule has 0 aliphatic carbocycles. The lowest BCUT2D eigenvalue weighted by Gasteiger charge is -2.15. The molecule has 0 radical (unpaired) electrons. The van der Waals surface area contributed by atoms with Gasteiger partial charge in [0.15, 0.2) is 5.49 Å². The van der Waals surface area contributed by atoms with E-state index in [4.69, 9.17) is 14.5 Å². The molecular weight excluding hydrogens is 518 g/mol. The number of carbonyl (C=O) groups is 2. The average molecular weight is 550 g/mol. The van der Waals surface area contributed by atoms with Gasteiger partial charge in [-0.2, -0.15) is 4.99 Å². The van der Waals surface area contributed by atoms with Crippen LogP contribution >= 0.6 is 0 Å². The Balaban J connectivity index is 2.39. The van der Waals surface area contributed by atoms with Gasteiger partial charge < -0.3 is 14.0 Å². The SMILES string of the molecule is C=C/C=C\C(=C(\C)CC(=O)N=c1c(C(=O)OCC)cc2c(=O)n3cccc(C)c3nc2n1CCCOC)[N+](=O)[O-].